The lowest BCUT2D eigenvalue weighted by Gasteiger charge is -2.30. The summed E-state index contributed by atoms with van der Waals surface area (Å²) in [6.07, 6.45) is 3.02. The van der Waals surface area contributed by atoms with Crippen LogP contribution in [0.3, 0.4) is 0 Å². The van der Waals surface area contributed by atoms with Crippen molar-refractivity contribution in [3.8, 4) is 0 Å². The third-order valence-electron chi connectivity index (χ3n) is 4.39. The molecule has 1 aliphatic rings. The smallest absolute Gasteiger partial charge is 0.257 e. The molecule has 3 rings (SSSR count). The Bertz CT molecular complexity index is 837. The molecule has 25 heavy (non-hydrogen) atoms. The molecule has 1 aromatic carbocycles. The highest BCUT2D eigenvalue weighted by molar-refractivity contribution is 7.11. The van der Waals surface area contributed by atoms with Crippen molar-refractivity contribution in [3.63, 3.8) is 0 Å². The fourth-order valence-corrected chi connectivity index (χ4v) is 4.26. The number of halogens is 4. The highest BCUT2D eigenvalue weighted by atomic mass is 32.1. The van der Waals surface area contributed by atoms with Gasteiger partial charge in [0.25, 0.3) is 5.91 Å². The van der Waals surface area contributed by atoms with Crippen LogP contribution in [0, 0.1) is 23.3 Å². The standard InChI is InChI=1S/C17H16F4N2OS/c1-3-12-22-10-5-4-6-11(16(10)25-12)23(2)17(24)8-7-9(18)14(20)15(21)13(8)19/h7,11H,3-6H2,1-2H3. The summed E-state index contributed by atoms with van der Waals surface area (Å²) < 4.78 is 53.9. The van der Waals surface area contributed by atoms with Gasteiger partial charge in [0.1, 0.15) is 0 Å². The lowest BCUT2D eigenvalue weighted by atomic mass is 9.96. The van der Waals surface area contributed by atoms with Gasteiger partial charge in [-0.15, -0.1) is 11.3 Å². The van der Waals surface area contributed by atoms with E-state index in [0.717, 1.165) is 34.8 Å². The number of amides is 1. The summed E-state index contributed by atoms with van der Waals surface area (Å²) in [6.45, 7) is 1.98. The van der Waals surface area contributed by atoms with E-state index in [0.29, 0.717) is 12.5 Å². The normalized spacial score (nSPS) is 16.6. The van der Waals surface area contributed by atoms with Crippen LogP contribution < -0.4 is 0 Å². The molecule has 0 saturated heterocycles. The van der Waals surface area contributed by atoms with Gasteiger partial charge in [0.05, 0.1) is 27.2 Å². The topological polar surface area (TPSA) is 33.2 Å². The van der Waals surface area contributed by atoms with Gasteiger partial charge in [0.2, 0.25) is 0 Å². The van der Waals surface area contributed by atoms with E-state index in [1.54, 1.807) is 0 Å². The van der Waals surface area contributed by atoms with Gasteiger partial charge >= 0.3 is 0 Å². The number of nitrogens with zero attached hydrogens (tertiary/aromatic N) is 2. The SMILES string of the molecule is CCc1nc2c(s1)C(N(C)C(=O)c1cc(F)c(F)c(F)c1F)CCC2. The Kier molecular flexibility index (Phi) is 4.81. The van der Waals surface area contributed by atoms with Gasteiger partial charge in [-0.05, 0) is 31.7 Å². The van der Waals surface area contributed by atoms with E-state index in [1.165, 1.54) is 23.3 Å². The molecule has 0 aliphatic heterocycles. The molecule has 0 N–H and O–H groups in total. The number of benzene rings is 1. The Hall–Kier alpha value is -1.96. The number of thiazole rings is 1. The summed E-state index contributed by atoms with van der Waals surface area (Å²) in [4.78, 5) is 19.3. The van der Waals surface area contributed by atoms with Crippen molar-refractivity contribution in [1.82, 2.24) is 9.88 Å². The fourth-order valence-electron chi connectivity index (χ4n) is 3.03. The van der Waals surface area contributed by atoms with Crippen molar-refractivity contribution in [2.75, 3.05) is 7.05 Å². The maximum atomic E-state index is 13.9. The van der Waals surface area contributed by atoms with Crippen LogP contribution in [0.5, 0.6) is 0 Å². The van der Waals surface area contributed by atoms with Gasteiger partial charge < -0.3 is 4.90 Å². The molecule has 1 heterocycles. The minimum atomic E-state index is -1.98. The Morgan fingerprint density at radius 2 is 2.00 bits per heavy atom. The molecule has 1 aliphatic carbocycles. The monoisotopic (exact) mass is 372 g/mol. The van der Waals surface area contributed by atoms with E-state index in [2.05, 4.69) is 4.98 Å². The van der Waals surface area contributed by atoms with Crippen molar-refractivity contribution in [1.29, 1.82) is 0 Å². The third kappa shape index (κ3) is 3.03. The average molecular weight is 372 g/mol. The van der Waals surface area contributed by atoms with Crippen LogP contribution in [0.2, 0.25) is 0 Å². The number of rotatable bonds is 3. The van der Waals surface area contributed by atoms with Crippen molar-refractivity contribution < 1.29 is 22.4 Å². The van der Waals surface area contributed by atoms with Crippen molar-refractivity contribution in [2.24, 2.45) is 0 Å². The van der Waals surface area contributed by atoms with E-state index < -0.39 is 34.7 Å². The summed E-state index contributed by atoms with van der Waals surface area (Å²) >= 11 is 1.49. The minimum absolute atomic E-state index is 0.343. The second-order valence-corrected chi connectivity index (χ2v) is 7.06. The quantitative estimate of drug-likeness (QED) is 0.454. The van der Waals surface area contributed by atoms with E-state index >= 15 is 0 Å². The molecule has 0 radical (unpaired) electrons. The van der Waals surface area contributed by atoms with Crippen LogP contribution >= 0.6 is 11.3 Å². The van der Waals surface area contributed by atoms with Gasteiger partial charge in [-0.25, -0.2) is 22.5 Å². The molecule has 1 amide bonds. The first-order valence-electron chi connectivity index (χ1n) is 7.93. The third-order valence-corrected chi connectivity index (χ3v) is 5.73. The van der Waals surface area contributed by atoms with Gasteiger partial charge in [-0.1, -0.05) is 6.92 Å². The zero-order valence-electron chi connectivity index (χ0n) is 13.7. The molecule has 1 aromatic heterocycles. The van der Waals surface area contributed by atoms with Gasteiger partial charge in [0.15, 0.2) is 23.3 Å². The van der Waals surface area contributed by atoms with Crippen molar-refractivity contribution in [3.05, 3.63) is 50.5 Å². The second kappa shape index (κ2) is 6.74. The molecule has 0 saturated carbocycles. The first-order valence-corrected chi connectivity index (χ1v) is 8.75. The van der Waals surface area contributed by atoms with Crippen LogP contribution in [0.15, 0.2) is 6.07 Å². The maximum absolute atomic E-state index is 13.9. The molecule has 0 bridgehead atoms. The minimum Gasteiger partial charge on any atom is -0.334 e. The Morgan fingerprint density at radius 1 is 1.28 bits per heavy atom. The Morgan fingerprint density at radius 3 is 2.68 bits per heavy atom. The maximum Gasteiger partial charge on any atom is 0.257 e. The second-order valence-electron chi connectivity index (χ2n) is 5.94. The van der Waals surface area contributed by atoms with Gasteiger partial charge in [0, 0.05) is 7.05 Å². The van der Waals surface area contributed by atoms with Crippen LogP contribution in [0.25, 0.3) is 0 Å². The van der Waals surface area contributed by atoms with Crippen LogP contribution in [-0.2, 0) is 12.8 Å². The number of carbonyl (C=O) groups excluding carboxylic acids is 1. The summed E-state index contributed by atoms with van der Waals surface area (Å²) in [7, 11) is 1.45. The number of carbonyl (C=O) groups is 1. The number of hydrogen-bond acceptors (Lipinski definition) is 3. The van der Waals surface area contributed by atoms with Crippen LogP contribution in [-0.4, -0.2) is 22.8 Å². The first kappa shape index (κ1) is 17.8. The van der Waals surface area contributed by atoms with Gasteiger partial charge in [-0.3, -0.25) is 4.79 Å². The lowest BCUT2D eigenvalue weighted by Crippen LogP contribution is -2.33. The highest BCUT2D eigenvalue weighted by Crippen LogP contribution is 2.38. The summed E-state index contributed by atoms with van der Waals surface area (Å²) in [5, 5.41) is 0.947. The molecule has 1 unspecified atom stereocenters. The zero-order valence-corrected chi connectivity index (χ0v) is 14.5. The van der Waals surface area contributed by atoms with Gasteiger partial charge in [-0.2, -0.15) is 0 Å². The summed E-state index contributed by atoms with van der Waals surface area (Å²) in [6, 6.07) is 0.0603. The number of fused-ring (bicyclic) bond motifs is 1. The van der Waals surface area contributed by atoms with E-state index in [-0.39, 0.29) is 6.04 Å². The fraction of sp³-hybridized carbons (Fsp3) is 0.412. The van der Waals surface area contributed by atoms with Crippen molar-refractivity contribution >= 4 is 17.2 Å². The average Bonchev–Trinajstić information content (AvgIpc) is 3.05. The van der Waals surface area contributed by atoms with E-state index in [9.17, 15) is 22.4 Å². The largest absolute Gasteiger partial charge is 0.334 e. The molecule has 0 spiro atoms. The van der Waals surface area contributed by atoms with E-state index in [1.807, 2.05) is 6.92 Å². The molecule has 0 fully saturated rings. The molecule has 3 nitrogen and oxygen atoms in total. The summed E-state index contributed by atoms with van der Waals surface area (Å²) in [5.74, 6) is -8.06. The van der Waals surface area contributed by atoms with Crippen molar-refractivity contribution in [2.45, 2.75) is 38.6 Å². The highest BCUT2D eigenvalue weighted by Gasteiger charge is 2.32. The number of aromatic nitrogens is 1. The number of aryl methyl sites for hydroxylation is 2. The molecule has 134 valence electrons. The number of hydrogen-bond donors (Lipinski definition) is 0. The Labute approximate surface area is 146 Å². The predicted octanol–water partition coefficient (Wildman–Crippen LogP) is 4.41. The summed E-state index contributed by atoms with van der Waals surface area (Å²) in [5.41, 5.74) is 0.0981. The predicted molar refractivity (Wildman–Crippen MR) is 85.5 cm³/mol. The lowest BCUT2D eigenvalue weighted by molar-refractivity contribution is 0.0711. The molecule has 1 atom stereocenters. The van der Waals surface area contributed by atoms with E-state index in [4.69, 9.17) is 0 Å². The molecule has 2 aromatic rings. The first-order chi connectivity index (χ1) is 11.8. The molecule has 8 heteroatoms. The van der Waals surface area contributed by atoms with Crippen LogP contribution in [0.1, 0.15) is 51.7 Å². The molecular formula is C17H16F4N2OS. The Balaban J connectivity index is 1.96. The molecular weight excluding hydrogens is 356 g/mol. The van der Waals surface area contributed by atoms with Crippen LogP contribution in [0.4, 0.5) is 17.6 Å². The zero-order chi connectivity index (χ0) is 18.3.